The molecule has 1 fully saturated rings. The van der Waals surface area contributed by atoms with E-state index in [9.17, 15) is 5.11 Å². The monoisotopic (exact) mass is 206 g/mol. The number of aliphatic hydroxyl groups excluding tert-OH is 1. The van der Waals surface area contributed by atoms with Crippen LogP contribution in [0.5, 0.6) is 5.75 Å². The van der Waals surface area contributed by atoms with Crippen LogP contribution < -0.4 is 4.74 Å². The first-order valence-electron chi connectivity index (χ1n) is 5.55. The second kappa shape index (κ2) is 4.23. The molecule has 1 unspecified atom stereocenters. The Morgan fingerprint density at radius 3 is 2.47 bits per heavy atom. The van der Waals surface area contributed by atoms with E-state index in [2.05, 4.69) is 0 Å². The van der Waals surface area contributed by atoms with Crippen molar-refractivity contribution in [3.05, 3.63) is 29.3 Å². The topological polar surface area (TPSA) is 29.5 Å². The number of hydrogen-bond donors (Lipinski definition) is 1. The van der Waals surface area contributed by atoms with Gasteiger partial charge in [0.05, 0.1) is 6.10 Å². The summed E-state index contributed by atoms with van der Waals surface area (Å²) in [5.41, 5.74) is 2.27. The third kappa shape index (κ3) is 2.51. The molecule has 0 heterocycles. The number of aliphatic hydroxyl groups is 1. The lowest BCUT2D eigenvalue weighted by Crippen LogP contribution is -2.20. The van der Waals surface area contributed by atoms with Crippen molar-refractivity contribution in [3.63, 3.8) is 0 Å². The van der Waals surface area contributed by atoms with Crippen LogP contribution in [0, 0.1) is 19.8 Å². The summed E-state index contributed by atoms with van der Waals surface area (Å²) < 4.78 is 5.68. The molecule has 1 aliphatic carbocycles. The van der Waals surface area contributed by atoms with Crippen LogP contribution in [0.3, 0.4) is 0 Å². The summed E-state index contributed by atoms with van der Waals surface area (Å²) in [6.07, 6.45) is 2.01. The average molecular weight is 206 g/mol. The Morgan fingerprint density at radius 1 is 1.33 bits per heavy atom. The van der Waals surface area contributed by atoms with E-state index in [1.807, 2.05) is 32.0 Å². The Balaban J connectivity index is 1.97. The molecule has 2 heteroatoms. The van der Waals surface area contributed by atoms with E-state index in [-0.39, 0.29) is 6.10 Å². The highest BCUT2D eigenvalue weighted by molar-refractivity contribution is 5.39. The van der Waals surface area contributed by atoms with Crippen molar-refractivity contribution < 1.29 is 9.84 Å². The number of hydrogen-bond acceptors (Lipinski definition) is 2. The minimum absolute atomic E-state index is 0.288. The van der Waals surface area contributed by atoms with Gasteiger partial charge in [0.25, 0.3) is 0 Å². The standard InChI is InChI=1S/C13H18O2/c1-9-4-3-5-10(2)13(9)15-8-12(14)11-6-7-11/h3-5,11-12,14H,6-8H2,1-2H3. The molecular weight excluding hydrogens is 188 g/mol. The summed E-state index contributed by atoms with van der Waals surface area (Å²) in [4.78, 5) is 0. The van der Waals surface area contributed by atoms with Crippen molar-refractivity contribution in [2.75, 3.05) is 6.61 Å². The van der Waals surface area contributed by atoms with Gasteiger partial charge in [0.1, 0.15) is 12.4 Å². The normalized spacial score (nSPS) is 17.5. The van der Waals surface area contributed by atoms with Crippen LogP contribution >= 0.6 is 0 Å². The molecule has 0 bridgehead atoms. The molecule has 15 heavy (non-hydrogen) atoms. The van der Waals surface area contributed by atoms with Crippen LogP contribution in [0.2, 0.25) is 0 Å². The fourth-order valence-corrected chi connectivity index (χ4v) is 1.81. The third-order valence-electron chi connectivity index (χ3n) is 2.97. The Hall–Kier alpha value is -1.02. The smallest absolute Gasteiger partial charge is 0.125 e. The van der Waals surface area contributed by atoms with Gasteiger partial charge in [-0.3, -0.25) is 0 Å². The lowest BCUT2D eigenvalue weighted by atomic mass is 10.1. The lowest BCUT2D eigenvalue weighted by Gasteiger charge is -2.14. The van der Waals surface area contributed by atoms with Gasteiger partial charge in [-0.1, -0.05) is 18.2 Å². The second-order valence-corrected chi connectivity index (χ2v) is 4.44. The number of ether oxygens (including phenoxy) is 1. The summed E-state index contributed by atoms with van der Waals surface area (Å²) in [7, 11) is 0. The van der Waals surface area contributed by atoms with Gasteiger partial charge < -0.3 is 9.84 Å². The highest BCUT2D eigenvalue weighted by atomic mass is 16.5. The first kappa shape index (κ1) is 10.5. The molecule has 0 amide bonds. The zero-order chi connectivity index (χ0) is 10.8. The Kier molecular flexibility index (Phi) is 2.96. The van der Waals surface area contributed by atoms with E-state index in [1.165, 1.54) is 0 Å². The maximum Gasteiger partial charge on any atom is 0.125 e. The second-order valence-electron chi connectivity index (χ2n) is 4.44. The van der Waals surface area contributed by atoms with E-state index in [0.29, 0.717) is 12.5 Å². The van der Waals surface area contributed by atoms with Crippen LogP contribution in [-0.2, 0) is 0 Å². The van der Waals surface area contributed by atoms with Gasteiger partial charge in [-0.05, 0) is 43.7 Å². The summed E-state index contributed by atoms with van der Waals surface area (Å²) in [6, 6.07) is 6.09. The van der Waals surface area contributed by atoms with Gasteiger partial charge >= 0.3 is 0 Å². The SMILES string of the molecule is Cc1cccc(C)c1OCC(O)C1CC1. The molecular formula is C13H18O2. The van der Waals surface area contributed by atoms with Gasteiger partial charge in [0.2, 0.25) is 0 Å². The molecule has 0 spiro atoms. The molecule has 2 nitrogen and oxygen atoms in total. The summed E-state index contributed by atoms with van der Waals surface area (Å²) in [5, 5.41) is 9.71. The highest BCUT2D eigenvalue weighted by Crippen LogP contribution is 2.33. The van der Waals surface area contributed by atoms with Gasteiger partial charge in [-0.2, -0.15) is 0 Å². The largest absolute Gasteiger partial charge is 0.490 e. The first-order valence-corrected chi connectivity index (χ1v) is 5.55. The summed E-state index contributed by atoms with van der Waals surface area (Å²) >= 11 is 0. The van der Waals surface area contributed by atoms with Crippen LogP contribution in [0.25, 0.3) is 0 Å². The average Bonchev–Trinajstić information content (AvgIpc) is 2.99. The van der Waals surface area contributed by atoms with Crippen LogP contribution in [0.15, 0.2) is 18.2 Å². The van der Waals surface area contributed by atoms with Crippen molar-refractivity contribution in [3.8, 4) is 5.75 Å². The van der Waals surface area contributed by atoms with E-state index in [1.54, 1.807) is 0 Å². The molecule has 1 saturated carbocycles. The number of benzene rings is 1. The van der Waals surface area contributed by atoms with Gasteiger partial charge in [-0.15, -0.1) is 0 Å². The third-order valence-corrected chi connectivity index (χ3v) is 2.97. The summed E-state index contributed by atoms with van der Waals surface area (Å²) in [5.74, 6) is 1.41. The number of rotatable bonds is 4. The molecule has 1 N–H and O–H groups in total. The van der Waals surface area contributed by atoms with E-state index >= 15 is 0 Å². The molecule has 2 rings (SSSR count). The maximum atomic E-state index is 9.71. The van der Waals surface area contributed by atoms with E-state index < -0.39 is 0 Å². The molecule has 1 atom stereocenters. The van der Waals surface area contributed by atoms with Crippen LogP contribution in [0.4, 0.5) is 0 Å². The Labute approximate surface area is 90.9 Å². The lowest BCUT2D eigenvalue weighted by molar-refractivity contribution is 0.0888. The van der Waals surface area contributed by atoms with Crippen molar-refractivity contribution in [2.24, 2.45) is 5.92 Å². The maximum absolute atomic E-state index is 9.71. The molecule has 0 radical (unpaired) electrons. The Bertz CT molecular complexity index is 322. The zero-order valence-corrected chi connectivity index (χ0v) is 9.36. The molecule has 1 aliphatic rings. The van der Waals surface area contributed by atoms with E-state index in [0.717, 1.165) is 29.7 Å². The predicted molar refractivity (Wildman–Crippen MR) is 60.1 cm³/mol. The molecule has 0 saturated heterocycles. The van der Waals surface area contributed by atoms with Gasteiger partial charge in [0, 0.05) is 0 Å². The quantitative estimate of drug-likeness (QED) is 0.820. The van der Waals surface area contributed by atoms with Gasteiger partial charge in [0.15, 0.2) is 0 Å². The molecule has 82 valence electrons. The molecule has 0 aromatic heterocycles. The van der Waals surface area contributed by atoms with Crippen molar-refractivity contribution in [1.82, 2.24) is 0 Å². The number of aryl methyl sites for hydroxylation is 2. The fraction of sp³-hybridized carbons (Fsp3) is 0.538. The molecule has 0 aliphatic heterocycles. The predicted octanol–water partition coefficient (Wildman–Crippen LogP) is 2.45. The van der Waals surface area contributed by atoms with Crippen LogP contribution in [-0.4, -0.2) is 17.8 Å². The highest BCUT2D eigenvalue weighted by Gasteiger charge is 2.30. The Morgan fingerprint density at radius 2 is 1.93 bits per heavy atom. The zero-order valence-electron chi connectivity index (χ0n) is 9.36. The van der Waals surface area contributed by atoms with E-state index in [4.69, 9.17) is 4.74 Å². The minimum Gasteiger partial charge on any atom is -0.490 e. The molecule has 1 aromatic rings. The first-order chi connectivity index (χ1) is 7.18. The van der Waals surface area contributed by atoms with Crippen molar-refractivity contribution in [2.45, 2.75) is 32.8 Å². The van der Waals surface area contributed by atoms with Gasteiger partial charge in [-0.25, -0.2) is 0 Å². The summed E-state index contributed by atoms with van der Waals surface area (Å²) in [6.45, 7) is 4.49. The van der Waals surface area contributed by atoms with Crippen molar-refractivity contribution >= 4 is 0 Å². The van der Waals surface area contributed by atoms with Crippen LogP contribution in [0.1, 0.15) is 24.0 Å². The van der Waals surface area contributed by atoms with Crippen molar-refractivity contribution in [1.29, 1.82) is 0 Å². The fourth-order valence-electron chi connectivity index (χ4n) is 1.81. The minimum atomic E-state index is -0.288. The molecule has 1 aromatic carbocycles. The number of para-hydroxylation sites is 1.